The fourth-order valence-electron chi connectivity index (χ4n) is 2.02. The summed E-state index contributed by atoms with van der Waals surface area (Å²) in [6.45, 7) is 0. The number of anilines is 2. The highest BCUT2D eigenvalue weighted by molar-refractivity contribution is 5.82. The highest BCUT2D eigenvalue weighted by Crippen LogP contribution is 2.33. The lowest BCUT2D eigenvalue weighted by Gasteiger charge is -2.12. The van der Waals surface area contributed by atoms with Crippen LogP contribution in [0.2, 0.25) is 0 Å². The topological polar surface area (TPSA) is 58.0 Å². The number of phenols is 1. The van der Waals surface area contributed by atoms with Gasteiger partial charge in [0.25, 0.3) is 0 Å². The van der Waals surface area contributed by atoms with E-state index in [-0.39, 0.29) is 22.6 Å². The molecule has 0 unspecified atom stereocenters. The molecule has 0 saturated carbocycles. The molecule has 0 fully saturated rings. The monoisotopic (exact) mass is 305 g/mol. The van der Waals surface area contributed by atoms with E-state index in [4.69, 9.17) is 0 Å². The maximum Gasteiger partial charge on any atom is 0.434 e. The Kier molecular flexibility index (Phi) is 3.32. The van der Waals surface area contributed by atoms with Crippen LogP contribution in [0.1, 0.15) is 5.69 Å². The van der Waals surface area contributed by atoms with E-state index in [0.29, 0.717) is 5.69 Å². The third kappa shape index (κ3) is 2.78. The number of benzene rings is 2. The van der Waals surface area contributed by atoms with E-state index in [0.717, 1.165) is 0 Å². The zero-order valence-electron chi connectivity index (χ0n) is 11.1. The van der Waals surface area contributed by atoms with Gasteiger partial charge in [-0.3, -0.25) is 0 Å². The standard InChI is InChI=1S/C15H10F3N3O/c16-15(17,18)13-11-3-1-2-4-12(11)20-14(21-13)19-9-5-7-10(22)8-6-9/h1-8,22H,(H,19,20,21). The molecular formula is C15H10F3N3O. The molecule has 2 aromatic carbocycles. The molecule has 2 N–H and O–H groups in total. The average Bonchev–Trinajstić information content (AvgIpc) is 2.48. The van der Waals surface area contributed by atoms with Gasteiger partial charge in [0.05, 0.1) is 5.52 Å². The van der Waals surface area contributed by atoms with Gasteiger partial charge in [-0.05, 0) is 30.3 Å². The first kappa shape index (κ1) is 14.1. The fraction of sp³-hybridized carbons (Fsp3) is 0.0667. The normalized spacial score (nSPS) is 11.6. The second kappa shape index (κ2) is 5.18. The van der Waals surface area contributed by atoms with Crippen LogP contribution in [0.15, 0.2) is 48.5 Å². The molecule has 0 aliphatic carbocycles. The van der Waals surface area contributed by atoms with Crippen molar-refractivity contribution in [1.29, 1.82) is 0 Å². The highest BCUT2D eigenvalue weighted by atomic mass is 19.4. The van der Waals surface area contributed by atoms with E-state index in [1.165, 1.54) is 42.5 Å². The van der Waals surface area contributed by atoms with Gasteiger partial charge < -0.3 is 10.4 Å². The Balaban J connectivity index is 2.08. The number of rotatable bonds is 2. The van der Waals surface area contributed by atoms with E-state index in [1.54, 1.807) is 6.07 Å². The second-order valence-electron chi connectivity index (χ2n) is 4.58. The van der Waals surface area contributed by atoms with E-state index < -0.39 is 11.9 Å². The quantitative estimate of drug-likeness (QED) is 0.700. The number of nitrogens with one attached hydrogen (secondary N) is 1. The number of nitrogens with zero attached hydrogens (tertiary/aromatic N) is 2. The first-order valence-corrected chi connectivity index (χ1v) is 6.33. The molecule has 0 bridgehead atoms. The summed E-state index contributed by atoms with van der Waals surface area (Å²) in [5.74, 6) is -0.0994. The molecule has 1 aromatic heterocycles. The minimum atomic E-state index is -4.58. The summed E-state index contributed by atoms with van der Waals surface area (Å²) in [5.41, 5.74) is -0.313. The summed E-state index contributed by atoms with van der Waals surface area (Å²) >= 11 is 0. The van der Waals surface area contributed by atoms with Gasteiger partial charge in [-0.1, -0.05) is 18.2 Å². The van der Waals surface area contributed by atoms with Crippen LogP contribution in [0.4, 0.5) is 24.8 Å². The fourth-order valence-corrected chi connectivity index (χ4v) is 2.02. The molecule has 0 radical (unpaired) electrons. The van der Waals surface area contributed by atoms with Crippen LogP contribution in [-0.2, 0) is 6.18 Å². The van der Waals surface area contributed by atoms with Gasteiger partial charge in [0.15, 0.2) is 5.69 Å². The molecule has 0 spiro atoms. The first-order chi connectivity index (χ1) is 10.4. The Morgan fingerprint density at radius 2 is 1.59 bits per heavy atom. The van der Waals surface area contributed by atoms with Crippen molar-refractivity contribution in [1.82, 2.24) is 9.97 Å². The van der Waals surface area contributed by atoms with Crippen LogP contribution >= 0.6 is 0 Å². The van der Waals surface area contributed by atoms with Crippen molar-refractivity contribution in [2.75, 3.05) is 5.32 Å². The summed E-state index contributed by atoms with van der Waals surface area (Å²) in [5, 5.41) is 11.9. The molecule has 22 heavy (non-hydrogen) atoms. The number of fused-ring (bicyclic) bond motifs is 1. The maximum atomic E-state index is 13.1. The van der Waals surface area contributed by atoms with Gasteiger partial charge in [-0.25, -0.2) is 9.97 Å². The number of hydrogen-bond donors (Lipinski definition) is 2. The lowest BCUT2D eigenvalue weighted by atomic mass is 10.2. The summed E-state index contributed by atoms with van der Waals surface area (Å²) in [6, 6.07) is 11.8. The van der Waals surface area contributed by atoms with E-state index >= 15 is 0 Å². The van der Waals surface area contributed by atoms with Gasteiger partial charge in [0.1, 0.15) is 5.75 Å². The zero-order chi connectivity index (χ0) is 15.7. The predicted octanol–water partition coefficient (Wildman–Crippen LogP) is 4.10. The van der Waals surface area contributed by atoms with Gasteiger partial charge in [-0.15, -0.1) is 0 Å². The largest absolute Gasteiger partial charge is 0.508 e. The molecule has 0 atom stereocenters. The van der Waals surface area contributed by atoms with Crippen LogP contribution in [0.3, 0.4) is 0 Å². The lowest BCUT2D eigenvalue weighted by Crippen LogP contribution is -2.11. The van der Waals surface area contributed by atoms with E-state index in [9.17, 15) is 18.3 Å². The molecule has 112 valence electrons. The molecule has 7 heteroatoms. The number of para-hydroxylation sites is 1. The third-order valence-electron chi connectivity index (χ3n) is 3.00. The molecule has 3 rings (SSSR count). The van der Waals surface area contributed by atoms with Gasteiger partial charge in [0, 0.05) is 11.1 Å². The summed E-state index contributed by atoms with van der Waals surface area (Å²) in [4.78, 5) is 7.66. The van der Waals surface area contributed by atoms with Crippen LogP contribution in [0.25, 0.3) is 10.9 Å². The summed E-state index contributed by atoms with van der Waals surface area (Å²) in [7, 11) is 0. The molecule has 0 aliphatic rings. The maximum absolute atomic E-state index is 13.1. The number of hydrogen-bond acceptors (Lipinski definition) is 4. The van der Waals surface area contributed by atoms with Crippen molar-refractivity contribution < 1.29 is 18.3 Å². The number of alkyl halides is 3. The SMILES string of the molecule is Oc1ccc(Nc2nc(C(F)(F)F)c3ccccc3n2)cc1. The number of aromatic hydroxyl groups is 1. The van der Waals surface area contributed by atoms with Crippen molar-refractivity contribution in [2.24, 2.45) is 0 Å². The van der Waals surface area contributed by atoms with Crippen molar-refractivity contribution in [3.8, 4) is 5.75 Å². The molecule has 0 saturated heterocycles. The Morgan fingerprint density at radius 3 is 2.27 bits per heavy atom. The first-order valence-electron chi connectivity index (χ1n) is 6.33. The minimum Gasteiger partial charge on any atom is -0.508 e. The minimum absolute atomic E-state index is 0.0498. The van der Waals surface area contributed by atoms with Crippen molar-refractivity contribution in [3.05, 3.63) is 54.2 Å². The van der Waals surface area contributed by atoms with Crippen molar-refractivity contribution >= 4 is 22.5 Å². The van der Waals surface area contributed by atoms with Crippen LogP contribution in [-0.4, -0.2) is 15.1 Å². The van der Waals surface area contributed by atoms with Crippen LogP contribution < -0.4 is 5.32 Å². The lowest BCUT2D eigenvalue weighted by molar-refractivity contribution is -0.139. The van der Waals surface area contributed by atoms with Crippen LogP contribution in [0.5, 0.6) is 5.75 Å². The molecule has 0 aliphatic heterocycles. The van der Waals surface area contributed by atoms with Crippen molar-refractivity contribution in [2.45, 2.75) is 6.18 Å². The van der Waals surface area contributed by atoms with Gasteiger partial charge in [-0.2, -0.15) is 13.2 Å². The average molecular weight is 305 g/mol. The Bertz CT molecular complexity index is 816. The molecule has 0 amide bonds. The molecular weight excluding hydrogens is 295 g/mol. The van der Waals surface area contributed by atoms with Crippen molar-refractivity contribution in [3.63, 3.8) is 0 Å². The number of phenolic OH excluding ortho intramolecular Hbond substituents is 1. The molecule has 4 nitrogen and oxygen atoms in total. The molecule has 1 heterocycles. The summed E-state index contributed by atoms with van der Waals surface area (Å²) in [6.07, 6.45) is -4.58. The predicted molar refractivity (Wildman–Crippen MR) is 75.9 cm³/mol. The Morgan fingerprint density at radius 1 is 0.909 bits per heavy atom. The summed E-state index contributed by atoms with van der Waals surface area (Å²) < 4.78 is 39.4. The Hall–Kier alpha value is -2.83. The third-order valence-corrected chi connectivity index (χ3v) is 3.00. The number of aromatic nitrogens is 2. The molecule has 3 aromatic rings. The van der Waals surface area contributed by atoms with Crippen LogP contribution in [0, 0.1) is 0 Å². The number of halogens is 3. The second-order valence-corrected chi connectivity index (χ2v) is 4.58. The van der Waals surface area contributed by atoms with E-state index in [1.807, 2.05) is 0 Å². The Labute approximate surface area is 123 Å². The van der Waals surface area contributed by atoms with Gasteiger partial charge >= 0.3 is 6.18 Å². The smallest absolute Gasteiger partial charge is 0.434 e. The van der Waals surface area contributed by atoms with E-state index in [2.05, 4.69) is 15.3 Å². The highest BCUT2D eigenvalue weighted by Gasteiger charge is 2.35. The van der Waals surface area contributed by atoms with Gasteiger partial charge in [0.2, 0.25) is 5.95 Å². The zero-order valence-corrected chi connectivity index (χ0v) is 11.1.